The minimum atomic E-state index is -0.160. The van der Waals surface area contributed by atoms with Crippen LogP contribution in [-0.2, 0) is 35.3 Å². The Balaban J connectivity index is 1.15. The Labute approximate surface area is 218 Å². The molecule has 0 radical (unpaired) electrons. The molecule has 2 N–H and O–H groups in total. The summed E-state index contributed by atoms with van der Waals surface area (Å²) in [7, 11) is 0. The second kappa shape index (κ2) is 12.9. The van der Waals surface area contributed by atoms with Crippen molar-refractivity contribution in [1.29, 1.82) is 0 Å². The third-order valence-corrected chi connectivity index (χ3v) is 6.56. The zero-order valence-corrected chi connectivity index (χ0v) is 21.1. The molecule has 0 fully saturated rings. The number of pyridine rings is 2. The number of carbonyl (C=O) groups excluding carboxylic acids is 2. The molecule has 8 nitrogen and oxygen atoms in total. The van der Waals surface area contributed by atoms with Crippen molar-refractivity contribution < 1.29 is 9.59 Å². The molecule has 0 unspecified atom stereocenters. The Morgan fingerprint density at radius 3 is 2.42 bits per heavy atom. The van der Waals surface area contributed by atoms with Crippen LogP contribution in [0, 0.1) is 0 Å². The van der Waals surface area contributed by atoms with E-state index in [0.29, 0.717) is 21.7 Å². The third kappa shape index (κ3) is 7.93. The van der Waals surface area contributed by atoms with Crippen LogP contribution in [0.5, 0.6) is 0 Å². The van der Waals surface area contributed by atoms with E-state index in [1.165, 1.54) is 11.3 Å². The number of carbonyl (C=O) groups is 2. The van der Waals surface area contributed by atoms with Crippen molar-refractivity contribution in [2.75, 3.05) is 10.6 Å². The van der Waals surface area contributed by atoms with Gasteiger partial charge in [0.15, 0.2) is 0 Å². The van der Waals surface area contributed by atoms with Crippen molar-refractivity contribution in [2.45, 2.75) is 38.5 Å². The number of amides is 2. The van der Waals surface area contributed by atoms with Crippen molar-refractivity contribution >= 4 is 45.7 Å². The normalized spacial score (nSPS) is 10.7. The number of rotatable bonds is 11. The number of nitrogens with zero attached hydrogens (tertiary/aromatic N) is 4. The fourth-order valence-electron chi connectivity index (χ4n) is 3.49. The Hall–Kier alpha value is -3.69. The summed E-state index contributed by atoms with van der Waals surface area (Å²) in [4.78, 5) is 32.9. The van der Waals surface area contributed by atoms with Gasteiger partial charge in [-0.15, -0.1) is 10.2 Å². The van der Waals surface area contributed by atoms with E-state index in [1.54, 1.807) is 18.5 Å². The highest BCUT2D eigenvalue weighted by Gasteiger charge is 2.10. The quantitative estimate of drug-likeness (QED) is 0.272. The lowest BCUT2D eigenvalue weighted by atomic mass is 10.1. The zero-order valence-electron chi connectivity index (χ0n) is 19.5. The first-order valence-corrected chi connectivity index (χ1v) is 12.7. The van der Waals surface area contributed by atoms with Crippen LogP contribution in [0.25, 0.3) is 0 Å². The van der Waals surface area contributed by atoms with Crippen LogP contribution in [0.15, 0.2) is 67.0 Å². The summed E-state index contributed by atoms with van der Waals surface area (Å²) in [5.74, 6) is 0.197. The average Bonchev–Trinajstić information content (AvgIpc) is 3.31. The smallest absolute Gasteiger partial charge is 0.232 e. The van der Waals surface area contributed by atoms with Gasteiger partial charge < -0.3 is 10.6 Å². The van der Waals surface area contributed by atoms with Gasteiger partial charge in [-0.1, -0.05) is 53.3 Å². The summed E-state index contributed by atoms with van der Waals surface area (Å²) in [6.45, 7) is 0. The molecule has 4 aromatic rings. The van der Waals surface area contributed by atoms with E-state index in [9.17, 15) is 9.59 Å². The maximum absolute atomic E-state index is 12.3. The number of benzene rings is 1. The molecule has 3 aromatic heterocycles. The molecular formula is C26H25ClN6O2S. The molecular weight excluding hydrogens is 496 g/mol. The van der Waals surface area contributed by atoms with Crippen molar-refractivity contribution in [3.8, 4) is 0 Å². The van der Waals surface area contributed by atoms with Crippen LogP contribution in [0.2, 0.25) is 5.02 Å². The topological polar surface area (TPSA) is 110 Å². The summed E-state index contributed by atoms with van der Waals surface area (Å²) < 4.78 is 0. The molecule has 0 aliphatic rings. The lowest BCUT2D eigenvalue weighted by Crippen LogP contribution is -2.15. The van der Waals surface area contributed by atoms with E-state index in [4.69, 9.17) is 11.6 Å². The van der Waals surface area contributed by atoms with Gasteiger partial charge in [-0.25, -0.2) is 4.98 Å². The second-order valence-electron chi connectivity index (χ2n) is 8.12. The standard InChI is InChI=1S/C26H25ClN6O2S/c27-21-10-3-2-8-19(21)15-23(34)30-22-13-12-18(17-29-22)7-1-4-11-25-32-33-26(36-25)31-24(35)16-20-9-5-6-14-28-20/h2-3,5-6,8-10,12-14,17H,1,4,7,11,15-16H2,(H,29,30,34)(H,31,33,35). The molecule has 4 rings (SSSR count). The number of aryl methyl sites for hydroxylation is 2. The maximum Gasteiger partial charge on any atom is 0.232 e. The predicted molar refractivity (Wildman–Crippen MR) is 141 cm³/mol. The first kappa shape index (κ1) is 25.4. The van der Waals surface area contributed by atoms with E-state index in [0.717, 1.165) is 41.8 Å². The molecule has 0 spiro atoms. The van der Waals surface area contributed by atoms with E-state index in [-0.39, 0.29) is 24.7 Å². The highest BCUT2D eigenvalue weighted by atomic mass is 35.5. The molecule has 0 saturated carbocycles. The van der Waals surface area contributed by atoms with Crippen LogP contribution >= 0.6 is 22.9 Å². The second-order valence-corrected chi connectivity index (χ2v) is 9.59. The van der Waals surface area contributed by atoms with Crippen LogP contribution < -0.4 is 10.6 Å². The zero-order chi connectivity index (χ0) is 25.2. The maximum atomic E-state index is 12.3. The fraction of sp³-hybridized carbons (Fsp3) is 0.231. The van der Waals surface area contributed by atoms with Crippen molar-refractivity contribution in [3.63, 3.8) is 0 Å². The first-order valence-electron chi connectivity index (χ1n) is 11.6. The number of hydrogen-bond acceptors (Lipinski definition) is 7. The Morgan fingerprint density at radius 1 is 0.833 bits per heavy atom. The Morgan fingerprint density at radius 2 is 1.64 bits per heavy atom. The number of aromatic nitrogens is 4. The molecule has 0 aliphatic carbocycles. The van der Waals surface area contributed by atoms with Crippen LogP contribution in [0.1, 0.15) is 34.7 Å². The van der Waals surface area contributed by atoms with E-state index >= 15 is 0 Å². The van der Waals surface area contributed by atoms with E-state index in [2.05, 4.69) is 30.8 Å². The van der Waals surface area contributed by atoms with Gasteiger partial charge in [-0.05, 0) is 54.7 Å². The number of anilines is 2. The molecule has 10 heteroatoms. The third-order valence-electron chi connectivity index (χ3n) is 5.29. The summed E-state index contributed by atoms with van der Waals surface area (Å²) in [5.41, 5.74) is 2.59. The van der Waals surface area contributed by atoms with Crippen LogP contribution in [-0.4, -0.2) is 32.0 Å². The van der Waals surface area contributed by atoms with Crippen molar-refractivity contribution in [3.05, 3.63) is 93.8 Å². The van der Waals surface area contributed by atoms with Crippen LogP contribution in [0.4, 0.5) is 10.9 Å². The molecule has 2 amide bonds. The minimum Gasteiger partial charge on any atom is -0.310 e. The lowest BCUT2D eigenvalue weighted by Gasteiger charge is -2.07. The highest BCUT2D eigenvalue weighted by Crippen LogP contribution is 2.19. The van der Waals surface area contributed by atoms with Crippen molar-refractivity contribution in [1.82, 2.24) is 20.2 Å². The molecule has 1 aromatic carbocycles. The van der Waals surface area contributed by atoms with Crippen LogP contribution in [0.3, 0.4) is 0 Å². The van der Waals surface area contributed by atoms with E-state index < -0.39 is 0 Å². The van der Waals surface area contributed by atoms with Gasteiger partial charge in [0.1, 0.15) is 10.8 Å². The largest absolute Gasteiger partial charge is 0.310 e. The molecule has 36 heavy (non-hydrogen) atoms. The molecule has 0 saturated heterocycles. The number of halogens is 1. The summed E-state index contributed by atoms with van der Waals surface area (Å²) in [6.07, 6.45) is 7.40. The Kier molecular flexibility index (Phi) is 9.07. The van der Waals surface area contributed by atoms with Gasteiger partial charge in [-0.3, -0.25) is 14.6 Å². The number of nitrogens with one attached hydrogen (secondary N) is 2. The molecule has 0 bridgehead atoms. The van der Waals surface area contributed by atoms with Gasteiger partial charge in [0, 0.05) is 29.5 Å². The number of unbranched alkanes of at least 4 members (excludes halogenated alkanes) is 1. The SMILES string of the molecule is O=C(Cc1ccccc1Cl)Nc1ccc(CCCCc2nnc(NC(=O)Cc3ccccn3)s2)cn1. The first-order chi connectivity index (χ1) is 17.5. The van der Waals surface area contributed by atoms with Gasteiger partial charge in [-0.2, -0.15) is 0 Å². The van der Waals surface area contributed by atoms with Gasteiger partial charge in [0.2, 0.25) is 16.9 Å². The van der Waals surface area contributed by atoms with Gasteiger partial charge in [0.25, 0.3) is 0 Å². The molecule has 0 aliphatic heterocycles. The summed E-state index contributed by atoms with van der Waals surface area (Å²) in [6, 6.07) is 16.6. The van der Waals surface area contributed by atoms with Gasteiger partial charge in [0.05, 0.1) is 12.8 Å². The molecule has 0 atom stereocenters. The molecule has 184 valence electrons. The van der Waals surface area contributed by atoms with Gasteiger partial charge >= 0.3 is 0 Å². The minimum absolute atomic E-state index is 0.160. The van der Waals surface area contributed by atoms with E-state index in [1.807, 2.05) is 48.5 Å². The highest BCUT2D eigenvalue weighted by molar-refractivity contribution is 7.15. The number of hydrogen-bond donors (Lipinski definition) is 2. The lowest BCUT2D eigenvalue weighted by molar-refractivity contribution is -0.116. The summed E-state index contributed by atoms with van der Waals surface area (Å²) >= 11 is 7.51. The monoisotopic (exact) mass is 520 g/mol. The average molecular weight is 521 g/mol. The Bertz CT molecular complexity index is 1300. The molecule has 3 heterocycles. The summed E-state index contributed by atoms with van der Waals surface area (Å²) in [5, 5.41) is 15.8. The predicted octanol–water partition coefficient (Wildman–Crippen LogP) is 4.91. The fourth-order valence-corrected chi connectivity index (χ4v) is 4.49. The van der Waals surface area contributed by atoms with Crippen molar-refractivity contribution in [2.24, 2.45) is 0 Å².